The van der Waals surface area contributed by atoms with Crippen LogP contribution < -0.4 is 10.6 Å². The van der Waals surface area contributed by atoms with Crippen molar-refractivity contribution in [1.29, 1.82) is 0 Å². The molecule has 16 nitrogen and oxygen atoms in total. The van der Waals surface area contributed by atoms with E-state index in [1.807, 2.05) is 55.4 Å². The van der Waals surface area contributed by atoms with Crippen LogP contribution in [0.4, 0.5) is 0 Å². The largest absolute Gasteiger partial charge is 0.389 e. The zero-order valence-electron chi connectivity index (χ0n) is 36.4. The summed E-state index contributed by atoms with van der Waals surface area (Å²) in [7, 11) is 0. The minimum Gasteiger partial charge on any atom is -0.389 e. The summed E-state index contributed by atoms with van der Waals surface area (Å²) < 4.78 is 72.7. The quantitative estimate of drug-likeness (QED) is 0.0982. The molecule has 338 valence electrons. The van der Waals surface area contributed by atoms with Crippen LogP contribution in [0.25, 0.3) is 0 Å². The summed E-state index contributed by atoms with van der Waals surface area (Å²) in [5.41, 5.74) is 0. The number of nitrogens with one attached hydrogen (secondary N) is 2. The van der Waals surface area contributed by atoms with Crippen molar-refractivity contribution in [1.82, 2.24) is 10.6 Å². The van der Waals surface area contributed by atoms with Gasteiger partial charge in [0.15, 0.2) is 35.7 Å². The molecule has 0 bridgehead atoms. The second kappa shape index (κ2) is 20.7. The van der Waals surface area contributed by atoms with Gasteiger partial charge in [0, 0.05) is 13.1 Å². The number of rotatable bonds is 25. The number of ether oxygens (including phenoxy) is 12. The van der Waals surface area contributed by atoms with Gasteiger partial charge in [-0.15, -0.1) is 0 Å². The maximum Gasteiger partial charge on any atom is 0.190 e. The highest BCUT2D eigenvalue weighted by atomic mass is 16.9. The Bertz CT molecular complexity index is 1150. The van der Waals surface area contributed by atoms with Gasteiger partial charge in [-0.25, -0.2) is 0 Å². The summed E-state index contributed by atoms with van der Waals surface area (Å²) in [5.74, 6) is -3.02. The first-order valence-electron chi connectivity index (χ1n) is 22.2. The molecule has 4 N–H and O–H groups in total. The van der Waals surface area contributed by atoms with Crippen molar-refractivity contribution in [2.24, 2.45) is 0 Å². The SMILES string of the molecule is CC1(C)OC2OC(COCC(O)CNCCCCCCCCCCCCNCC(O)COCC3OC4OC(C)(C)OC4C4OC(C)(C)OC34)C3OC(C)(C)OC3C2O1. The summed E-state index contributed by atoms with van der Waals surface area (Å²) >= 11 is 0. The number of fused-ring (bicyclic) bond motifs is 6. The normalized spacial score (nSPS) is 36.3. The molecule has 0 aliphatic carbocycles. The molecule has 6 rings (SSSR count). The van der Waals surface area contributed by atoms with Crippen LogP contribution in [0.15, 0.2) is 0 Å². The van der Waals surface area contributed by atoms with Crippen molar-refractivity contribution in [3.8, 4) is 0 Å². The molecule has 6 aliphatic heterocycles. The van der Waals surface area contributed by atoms with Crippen molar-refractivity contribution >= 4 is 0 Å². The predicted octanol–water partition coefficient (Wildman–Crippen LogP) is 3.61. The van der Waals surface area contributed by atoms with E-state index in [9.17, 15) is 10.2 Å². The summed E-state index contributed by atoms with van der Waals surface area (Å²) in [4.78, 5) is 0. The zero-order chi connectivity index (χ0) is 41.6. The van der Waals surface area contributed by atoms with Crippen LogP contribution in [0.5, 0.6) is 0 Å². The molecule has 16 heteroatoms. The Balaban J connectivity index is 0.692. The Hall–Kier alpha value is -0.640. The molecule has 6 heterocycles. The molecular weight excluding hydrogens is 756 g/mol. The summed E-state index contributed by atoms with van der Waals surface area (Å²) in [5, 5.41) is 27.6. The maximum atomic E-state index is 10.5. The van der Waals surface area contributed by atoms with Crippen molar-refractivity contribution in [2.45, 2.75) is 216 Å². The number of aliphatic hydroxyl groups excluding tert-OH is 2. The van der Waals surface area contributed by atoms with Crippen molar-refractivity contribution < 1.29 is 67.1 Å². The van der Waals surface area contributed by atoms with Crippen LogP contribution in [0.2, 0.25) is 0 Å². The van der Waals surface area contributed by atoms with Gasteiger partial charge >= 0.3 is 0 Å². The Labute approximate surface area is 346 Å². The number of unbranched alkanes of at least 4 members (excludes halogenated alkanes) is 9. The standard InChI is InChI=1S/C42H76N2O14/c1-39(2)51-31-29(49-37-35(33(31)53-39)55-41(5,6)57-37)25-47-23-27(45)21-43-19-17-15-13-11-9-10-12-14-16-18-20-44-22-28(46)24-48-26-30-32-34(54-40(3,4)52-32)36-38(50-30)58-42(7,8)56-36/h27-38,43-46H,9-26H2,1-8H3. The lowest BCUT2D eigenvalue weighted by Crippen LogP contribution is -2.56. The monoisotopic (exact) mass is 833 g/mol. The van der Waals surface area contributed by atoms with E-state index in [2.05, 4.69) is 10.6 Å². The van der Waals surface area contributed by atoms with E-state index in [1.165, 1.54) is 51.4 Å². The third-order valence-electron chi connectivity index (χ3n) is 11.4. The van der Waals surface area contributed by atoms with E-state index in [0.29, 0.717) is 13.1 Å². The molecule has 6 fully saturated rings. The number of hydrogen-bond acceptors (Lipinski definition) is 16. The van der Waals surface area contributed by atoms with Crippen LogP contribution >= 0.6 is 0 Å². The van der Waals surface area contributed by atoms with Gasteiger partial charge in [0.1, 0.15) is 48.8 Å². The third-order valence-corrected chi connectivity index (χ3v) is 11.4. The van der Waals surface area contributed by atoms with E-state index < -0.39 is 47.9 Å². The fraction of sp³-hybridized carbons (Fsp3) is 1.00. The summed E-state index contributed by atoms with van der Waals surface area (Å²) in [6.45, 7) is 18.7. The first-order chi connectivity index (χ1) is 27.5. The van der Waals surface area contributed by atoms with Crippen LogP contribution in [-0.2, 0) is 56.8 Å². The molecule has 6 saturated heterocycles. The summed E-state index contributed by atoms with van der Waals surface area (Å²) in [6.07, 6.45) is 7.01. The highest BCUT2D eigenvalue weighted by Gasteiger charge is 2.62. The highest BCUT2D eigenvalue weighted by Crippen LogP contribution is 2.45. The molecule has 0 amide bonds. The second-order valence-corrected chi connectivity index (χ2v) is 18.7. The molecule has 12 atom stereocenters. The van der Waals surface area contributed by atoms with Gasteiger partial charge < -0.3 is 77.7 Å². The van der Waals surface area contributed by atoms with Crippen molar-refractivity contribution in [3.05, 3.63) is 0 Å². The molecule has 0 aromatic rings. The first kappa shape index (κ1) is 46.9. The van der Waals surface area contributed by atoms with Gasteiger partial charge in [0.05, 0.1) is 38.6 Å². The average Bonchev–Trinajstić information content (AvgIpc) is 3.84. The van der Waals surface area contributed by atoms with Crippen LogP contribution in [0, 0.1) is 0 Å². The molecular formula is C42H76N2O14. The molecule has 0 spiro atoms. The number of aliphatic hydroxyl groups is 2. The Morgan fingerprint density at radius 3 is 1.12 bits per heavy atom. The smallest absolute Gasteiger partial charge is 0.190 e. The van der Waals surface area contributed by atoms with Crippen LogP contribution in [-0.4, -0.2) is 160 Å². The van der Waals surface area contributed by atoms with Crippen molar-refractivity contribution in [2.75, 3.05) is 52.6 Å². The molecule has 0 radical (unpaired) electrons. The van der Waals surface area contributed by atoms with Gasteiger partial charge in [-0.05, 0) is 81.3 Å². The lowest BCUT2D eigenvalue weighted by molar-refractivity contribution is -0.244. The minimum absolute atomic E-state index is 0.207. The topological polar surface area (TPSA) is 175 Å². The van der Waals surface area contributed by atoms with Gasteiger partial charge in [-0.1, -0.05) is 51.4 Å². The lowest BCUT2D eigenvalue weighted by Gasteiger charge is -2.37. The van der Waals surface area contributed by atoms with Gasteiger partial charge in [0.2, 0.25) is 0 Å². The Kier molecular flexibility index (Phi) is 16.7. The zero-order valence-corrected chi connectivity index (χ0v) is 36.4. The van der Waals surface area contributed by atoms with Crippen LogP contribution in [0.3, 0.4) is 0 Å². The molecule has 0 saturated carbocycles. The van der Waals surface area contributed by atoms with E-state index in [0.717, 1.165) is 25.9 Å². The minimum atomic E-state index is -0.760. The fourth-order valence-electron chi connectivity index (χ4n) is 8.87. The second-order valence-electron chi connectivity index (χ2n) is 18.7. The molecule has 58 heavy (non-hydrogen) atoms. The lowest BCUT2D eigenvalue weighted by atomic mass is 9.99. The average molecular weight is 833 g/mol. The van der Waals surface area contributed by atoms with E-state index in [-0.39, 0.29) is 75.3 Å². The maximum absolute atomic E-state index is 10.5. The Morgan fingerprint density at radius 2 is 0.741 bits per heavy atom. The molecule has 0 aromatic carbocycles. The first-order valence-corrected chi connectivity index (χ1v) is 22.2. The highest BCUT2D eigenvalue weighted by molar-refractivity contribution is 5.01. The molecule has 12 unspecified atom stereocenters. The van der Waals surface area contributed by atoms with E-state index in [4.69, 9.17) is 56.8 Å². The van der Waals surface area contributed by atoms with Gasteiger partial charge in [0.25, 0.3) is 0 Å². The fourth-order valence-corrected chi connectivity index (χ4v) is 8.87. The molecule has 6 aliphatic rings. The predicted molar refractivity (Wildman–Crippen MR) is 211 cm³/mol. The van der Waals surface area contributed by atoms with E-state index >= 15 is 0 Å². The molecule has 0 aromatic heterocycles. The van der Waals surface area contributed by atoms with E-state index in [1.54, 1.807) is 0 Å². The Morgan fingerprint density at radius 1 is 0.431 bits per heavy atom. The van der Waals surface area contributed by atoms with Gasteiger partial charge in [-0.3, -0.25) is 0 Å². The van der Waals surface area contributed by atoms with Crippen LogP contribution in [0.1, 0.15) is 120 Å². The van der Waals surface area contributed by atoms with Gasteiger partial charge in [-0.2, -0.15) is 0 Å². The number of hydrogen-bond donors (Lipinski definition) is 4. The summed E-state index contributed by atoms with van der Waals surface area (Å²) in [6, 6.07) is 0. The van der Waals surface area contributed by atoms with Crippen molar-refractivity contribution in [3.63, 3.8) is 0 Å². The third kappa shape index (κ3) is 13.4.